The number of hydrogen-bond donors (Lipinski definition) is 2. The fraction of sp³-hybridized carbons (Fsp3) is 0.667. The number of nitrogens with one attached hydrogen (secondary N) is 1. The summed E-state index contributed by atoms with van der Waals surface area (Å²) in [4.78, 5) is 0. The number of methoxy groups -OCH3 is 1. The second-order valence-corrected chi connectivity index (χ2v) is 7.01. The summed E-state index contributed by atoms with van der Waals surface area (Å²) in [6.45, 7) is 1.27. The van der Waals surface area contributed by atoms with Gasteiger partial charge in [0.2, 0.25) is 0 Å². The average molecular weight is 303 g/mol. The zero-order valence-corrected chi connectivity index (χ0v) is 13.2. The summed E-state index contributed by atoms with van der Waals surface area (Å²) in [5.41, 5.74) is 1.89. The van der Waals surface area contributed by atoms with Crippen LogP contribution >= 0.6 is 0 Å². The van der Waals surface area contributed by atoms with E-state index < -0.39 is 5.60 Å². The quantitative estimate of drug-likeness (QED) is 0.840. The molecule has 2 N–H and O–H groups in total. The molecular weight excluding hydrogens is 278 g/mol. The molecule has 3 atom stereocenters. The number of ether oxygens (including phenoxy) is 2. The van der Waals surface area contributed by atoms with Crippen LogP contribution < -0.4 is 10.1 Å². The Labute approximate surface area is 131 Å². The highest BCUT2D eigenvalue weighted by molar-refractivity contribution is 5.51. The van der Waals surface area contributed by atoms with Crippen LogP contribution in [0.5, 0.6) is 5.75 Å². The Morgan fingerprint density at radius 3 is 3.00 bits per heavy atom. The van der Waals surface area contributed by atoms with Crippen molar-refractivity contribution in [1.29, 1.82) is 0 Å². The van der Waals surface area contributed by atoms with Gasteiger partial charge >= 0.3 is 0 Å². The lowest BCUT2D eigenvalue weighted by Crippen LogP contribution is -2.71. The lowest BCUT2D eigenvalue weighted by atomic mass is 9.50. The summed E-state index contributed by atoms with van der Waals surface area (Å²) in [6.07, 6.45) is 6.19. The van der Waals surface area contributed by atoms with Crippen LogP contribution in [0.15, 0.2) is 18.2 Å². The standard InChI is InChI=1S/C18H25NO3/c1-21-12-22-15-6-4-5-14-13(15)11-16-18(20)8-3-2-7-17(14,18)9-10-19-16/h4-6,16,19-20H,2-3,7-12H2,1H3/t16-,17+,18-/m1/s1. The number of fused-ring (bicyclic) bond motifs is 1. The summed E-state index contributed by atoms with van der Waals surface area (Å²) < 4.78 is 10.9. The molecule has 120 valence electrons. The van der Waals surface area contributed by atoms with Crippen molar-refractivity contribution in [3.8, 4) is 5.75 Å². The van der Waals surface area contributed by atoms with E-state index in [1.807, 2.05) is 6.07 Å². The van der Waals surface area contributed by atoms with Crippen LogP contribution in [0.4, 0.5) is 0 Å². The molecule has 1 saturated carbocycles. The van der Waals surface area contributed by atoms with Crippen LogP contribution in [0.3, 0.4) is 0 Å². The molecule has 4 heteroatoms. The van der Waals surface area contributed by atoms with Crippen molar-refractivity contribution in [2.24, 2.45) is 0 Å². The van der Waals surface area contributed by atoms with E-state index in [9.17, 15) is 5.11 Å². The Kier molecular flexibility index (Phi) is 3.44. The van der Waals surface area contributed by atoms with E-state index in [2.05, 4.69) is 17.4 Å². The molecule has 3 aliphatic rings. The largest absolute Gasteiger partial charge is 0.467 e. The van der Waals surface area contributed by atoms with Crippen LogP contribution in [-0.2, 0) is 16.6 Å². The number of piperidine rings is 1. The SMILES string of the molecule is COCOc1cccc2c1C[C@H]1NCC[C@@]23CCCC[C@@]13O. The van der Waals surface area contributed by atoms with Gasteiger partial charge in [-0.25, -0.2) is 0 Å². The Bertz CT molecular complexity index is 571. The highest BCUT2D eigenvalue weighted by Crippen LogP contribution is 2.57. The van der Waals surface area contributed by atoms with Gasteiger partial charge in [0.1, 0.15) is 5.75 Å². The van der Waals surface area contributed by atoms with Crippen LogP contribution in [0.25, 0.3) is 0 Å². The van der Waals surface area contributed by atoms with E-state index >= 15 is 0 Å². The van der Waals surface area contributed by atoms with Crippen molar-refractivity contribution in [3.05, 3.63) is 29.3 Å². The first-order valence-corrected chi connectivity index (χ1v) is 8.41. The van der Waals surface area contributed by atoms with E-state index in [-0.39, 0.29) is 18.2 Å². The van der Waals surface area contributed by atoms with Gasteiger partial charge in [-0.3, -0.25) is 0 Å². The van der Waals surface area contributed by atoms with Gasteiger partial charge in [0.25, 0.3) is 0 Å². The van der Waals surface area contributed by atoms with Gasteiger partial charge in [-0.1, -0.05) is 25.0 Å². The van der Waals surface area contributed by atoms with Crippen LogP contribution in [0.2, 0.25) is 0 Å². The predicted octanol–water partition coefficient (Wildman–Crippen LogP) is 2.13. The molecule has 4 rings (SSSR count). The van der Waals surface area contributed by atoms with Crippen molar-refractivity contribution in [1.82, 2.24) is 5.32 Å². The summed E-state index contributed by atoms with van der Waals surface area (Å²) in [7, 11) is 1.64. The van der Waals surface area contributed by atoms with E-state index in [1.54, 1.807) is 7.11 Å². The van der Waals surface area contributed by atoms with E-state index in [0.717, 1.165) is 44.4 Å². The first-order chi connectivity index (χ1) is 10.7. The minimum atomic E-state index is -0.601. The molecule has 22 heavy (non-hydrogen) atoms. The average Bonchev–Trinajstić information content (AvgIpc) is 2.52. The van der Waals surface area contributed by atoms with Crippen molar-refractivity contribution >= 4 is 0 Å². The topological polar surface area (TPSA) is 50.7 Å². The van der Waals surface area contributed by atoms with Crippen molar-refractivity contribution < 1.29 is 14.6 Å². The van der Waals surface area contributed by atoms with Crippen LogP contribution in [-0.4, -0.2) is 37.2 Å². The molecule has 1 heterocycles. The fourth-order valence-electron chi connectivity index (χ4n) is 5.18. The first kappa shape index (κ1) is 14.5. The maximum atomic E-state index is 11.5. The molecule has 1 aromatic rings. The molecule has 0 aromatic heterocycles. The monoisotopic (exact) mass is 303 g/mol. The van der Waals surface area contributed by atoms with Crippen LogP contribution in [0.1, 0.15) is 43.2 Å². The summed E-state index contributed by atoms with van der Waals surface area (Å²) in [5.74, 6) is 0.917. The maximum absolute atomic E-state index is 11.5. The van der Waals surface area contributed by atoms with Crippen molar-refractivity contribution in [2.75, 3.05) is 20.4 Å². The van der Waals surface area contributed by atoms with Crippen molar-refractivity contribution in [3.63, 3.8) is 0 Å². The minimum absolute atomic E-state index is 0.0960. The third-order valence-electron chi connectivity index (χ3n) is 6.15. The number of aliphatic hydroxyl groups is 1. The Hall–Kier alpha value is -1.10. The molecular formula is C18H25NO3. The number of hydrogen-bond acceptors (Lipinski definition) is 4. The second kappa shape index (κ2) is 5.22. The number of benzene rings is 1. The van der Waals surface area contributed by atoms with Gasteiger partial charge in [0.15, 0.2) is 6.79 Å². The molecule has 0 amide bonds. The minimum Gasteiger partial charge on any atom is -0.467 e. The first-order valence-electron chi connectivity index (χ1n) is 8.41. The third kappa shape index (κ3) is 1.81. The second-order valence-electron chi connectivity index (χ2n) is 7.01. The zero-order valence-electron chi connectivity index (χ0n) is 13.2. The number of rotatable bonds is 3. The highest BCUT2D eigenvalue weighted by atomic mass is 16.7. The lowest BCUT2D eigenvalue weighted by molar-refractivity contribution is -0.124. The zero-order chi connectivity index (χ0) is 15.2. The molecule has 0 spiro atoms. The predicted molar refractivity (Wildman–Crippen MR) is 84.2 cm³/mol. The molecule has 2 bridgehead atoms. The molecule has 2 fully saturated rings. The van der Waals surface area contributed by atoms with E-state index in [1.165, 1.54) is 17.5 Å². The molecule has 0 radical (unpaired) electrons. The van der Waals surface area contributed by atoms with Gasteiger partial charge in [-0.05, 0) is 49.4 Å². The summed E-state index contributed by atoms with van der Waals surface area (Å²) >= 11 is 0. The molecule has 1 saturated heterocycles. The molecule has 1 aliphatic heterocycles. The summed E-state index contributed by atoms with van der Waals surface area (Å²) in [6, 6.07) is 6.45. The highest BCUT2D eigenvalue weighted by Gasteiger charge is 2.61. The van der Waals surface area contributed by atoms with Gasteiger partial charge in [0, 0.05) is 18.6 Å². The van der Waals surface area contributed by atoms with Crippen molar-refractivity contribution in [2.45, 2.75) is 55.6 Å². The molecule has 1 aromatic carbocycles. The molecule has 2 aliphatic carbocycles. The van der Waals surface area contributed by atoms with Gasteiger partial charge in [-0.2, -0.15) is 0 Å². The van der Waals surface area contributed by atoms with E-state index in [0.29, 0.717) is 0 Å². The van der Waals surface area contributed by atoms with Gasteiger partial charge < -0.3 is 19.9 Å². The smallest absolute Gasteiger partial charge is 0.188 e. The molecule has 0 unspecified atom stereocenters. The van der Waals surface area contributed by atoms with Gasteiger partial charge in [0.05, 0.1) is 5.60 Å². The van der Waals surface area contributed by atoms with Crippen LogP contribution in [0, 0.1) is 0 Å². The summed E-state index contributed by atoms with van der Waals surface area (Å²) in [5, 5.41) is 15.1. The Morgan fingerprint density at radius 1 is 1.27 bits per heavy atom. The van der Waals surface area contributed by atoms with E-state index in [4.69, 9.17) is 9.47 Å². The fourth-order valence-corrected chi connectivity index (χ4v) is 5.18. The lowest BCUT2D eigenvalue weighted by Gasteiger charge is -2.61. The normalized spacial score (nSPS) is 36.4. The Morgan fingerprint density at radius 2 is 2.14 bits per heavy atom. The molecule has 4 nitrogen and oxygen atoms in total. The van der Waals surface area contributed by atoms with Gasteiger partial charge in [-0.15, -0.1) is 0 Å². The maximum Gasteiger partial charge on any atom is 0.188 e. The Balaban J connectivity index is 1.85. The third-order valence-corrected chi connectivity index (χ3v) is 6.15.